The molecule has 2 heterocycles. The van der Waals surface area contributed by atoms with Gasteiger partial charge in [0.25, 0.3) is 11.8 Å². The molecule has 5 atom stereocenters. The van der Waals surface area contributed by atoms with Gasteiger partial charge in [-0.25, -0.2) is 18.6 Å². The molecule has 2 N–H and O–H groups in total. The molecule has 256 valence electrons. The van der Waals surface area contributed by atoms with Crippen LogP contribution in [0.1, 0.15) is 88.8 Å². The zero-order valence-corrected chi connectivity index (χ0v) is 27.7. The number of hydrogen-bond acceptors (Lipinski definition) is 6. The van der Waals surface area contributed by atoms with Crippen molar-refractivity contribution in [2.75, 3.05) is 13.2 Å². The number of esters is 1. The average Bonchev–Trinajstić information content (AvgIpc) is 3.74. The van der Waals surface area contributed by atoms with Crippen molar-refractivity contribution >= 4 is 23.7 Å². The highest BCUT2D eigenvalue weighted by molar-refractivity contribution is 5.97. The van der Waals surface area contributed by atoms with Gasteiger partial charge >= 0.3 is 5.97 Å². The van der Waals surface area contributed by atoms with Crippen molar-refractivity contribution in [3.8, 4) is 0 Å². The molecule has 1 aliphatic heterocycles. The van der Waals surface area contributed by atoms with Gasteiger partial charge in [0.05, 0.1) is 6.61 Å². The summed E-state index contributed by atoms with van der Waals surface area (Å²) in [6, 6.07) is 6.38. The fraction of sp³-hybridized carbons (Fsp3) is 0.629. The average molecular weight is 656 g/mol. The molecule has 2 aromatic rings. The van der Waals surface area contributed by atoms with Gasteiger partial charge in [-0.05, 0) is 43.1 Å². The molecule has 3 aliphatic rings. The van der Waals surface area contributed by atoms with Crippen molar-refractivity contribution in [1.82, 2.24) is 25.1 Å². The quantitative estimate of drug-likeness (QED) is 0.362. The van der Waals surface area contributed by atoms with E-state index in [2.05, 4.69) is 15.6 Å². The highest BCUT2D eigenvalue weighted by atomic mass is 19.3. The molecule has 0 unspecified atom stereocenters. The van der Waals surface area contributed by atoms with Crippen LogP contribution in [0.25, 0.3) is 0 Å². The molecule has 1 aromatic carbocycles. The lowest BCUT2D eigenvalue weighted by molar-refractivity contribution is -0.156. The first-order valence-corrected chi connectivity index (χ1v) is 16.8. The summed E-state index contributed by atoms with van der Waals surface area (Å²) in [5.41, 5.74) is 0.136. The number of carbonyl (C=O) groups excluding carboxylic acids is 4. The second kappa shape index (κ2) is 14.1. The first-order valence-electron chi connectivity index (χ1n) is 16.8. The second-order valence-corrected chi connectivity index (χ2v) is 14.3. The Kier molecular flexibility index (Phi) is 10.4. The number of halogens is 2. The smallest absolute Gasteiger partial charge is 0.329 e. The van der Waals surface area contributed by atoms with Crippen molar-refractivity contribution in [2.45, 2.75) is 103 Å². The van der Waals surface area contributed by atoms with Crippen molar-refractivity contribution < 1.29 is 32.7 Å². The minimum absolute atomic E-state index is 0.0525. The van der Waals surface area contributed by atoms with E-state index < -0.39 is 65.0 Å². The standard InChI is InChI=1S/C35H47F2N5O5/c1-5-47-33(46)27-24-16-17-35(36,37)25(24)21-42(27)32(45)28(34(2,3)4)40-30(43)26(23-14-10-7-11-15-23)39-31(44)29-38-18-19-41(29)20-22-12-8-6-9-13-22/h6,8-9,12-13,18-19,23-28H,5,7,10-11,14-17,20-21H2,1-4H3,(H,39,44)(H,40,43)/t24-,25-,26-,27-,28+/m0/s1. The van der Waals surface area contributed by atoms with Gasteiger partial charge in [-0.15, -0.1) is 0 Å². The van der Waals surface area contributed by atoms with Crippen molar-refractivity contribution in [2.24, 2.45) is 23.2 Å². The number of nitrogens with one attached hydrogen (secondary N) is 2. The Morgan fingerprint density at radius 1 is 1.04 bits per heavy atom. The SMILES string of the molecule is CCOC(=O)[C@@H]1[C@H]2CCC(F)(F)[C@H]2CN1C(=O)[C@@H](NC(=O)[C@@H](NC(=O)c1nccn1Cc1ccccc1)C1CCCCC1)C(C)(C)C. The van der Waals surface area contributed by atoms with Crippen LogP contribution < -0.4 is 10.6 Å². The Labute approximate surface area is 275 Å². The number of imidazole rings is 1. The van der Waals surface area contributed by atoms with Crippen molar-refractivity contribution in [3.63, 3.8) is 0 Å². The number of carbonyl (C=O) groups is 4. The summed E-state index contributed by atoms with van der Waals surface area (Å²) in [5, 5.41) is 5.84. The zero-order valence-electron chi connectivity index (χ0n) is 27.7. The second-order valence-electron chi connectivity index (χ2n) is 14.3. The third kappa shape index (κ3) is 7.51. The maximum atomic E-state index is 14.9. The number of rotatable bonds is 10. The number of nitrogens with zero attached hydrogens (tertiary/aromatic N) is 3. The predicted octanol–water partition coefficient (Wildman–Crippen LogP) is 4.58. The fourth-order valence-electron chi connectivity index (χ4n) is 7.56. The molecule has 0 bridgehead atoms. The van der Waals surface area contributed by atoms with Crippen LogP contribution in [0, 0.1) is 23.2 Å². The van der Waals surface area contributed by atoms with Crippen molar-refractivity contribution in [1.29, 1.82) is 0 Å². The van der Waals surface area contributed by atoms with E-state index in [-0.39, 0.29) is 37.7 Å². The fourth-order valence-corrected chi connectivity index (χ4v) is 7.56. The Hall–Kier alpha value is -3.83. The van der Waals surface area contributed by atoms with Gasteiger partial charge in [-0.2, -0.15) is 0 Å². The third-order valence-electron chi connectivity index (χ3n) is 10.0. The van der Waals surface area contributed by atoms with Crippen LogP contribution in [-0.4, -0.2) is 75.3 Å². The van der Waals surface area contributed by atoms with E-state index in [1.165, 1.54) is 11.1 Å². The topological polar surface area (TPSA) is 123 Å². The van der Waals surface area contributed by atoms with E-state index in [9.17, 15) is 28.0 Å². The van der Waals surface area contributed by atoms with Crippen LogP contribution in [0.4, 0.5) is 8.78 Å². The highest BCUT2D eigenvalue weighted by Crippen LogP contribution is 2.51. The van der Waals surface area contributed by atoms with Crippen molar-refractivity contribution in [3.05, 3.63) is 54.1 Å². The molecule has 3 fully saturated rings. The monoisotopic (exact) mass is 655 g/mol. The molecule has 1 aromatic heterocycles. The summed E-state index contributed by atoms with van der Waals surface area (Å²) < 4.78 is 36.8. The van der Waals surface area contributed by atoms with Gasteiger partial charge in [-0.3, -0.25) is 14.4 Å². The summed E-state index contributed by atoms with van der Waals surface area (Å²) >= 11 is 0. The van der Waals surface area contributed by atoms with Crippen LogP contribution in [0.3, 0.4) is 0 Å². The minimum atomic E-state index is -3.01. The molecule has 3 amide bonds. The molecule has 10 nitrogen and oxygen atoms in total. The van der Waals surface area contributed by atoms with Crippen LogP contribution in [-0.2, 0) is 25.7 Å². The van der Waals surface area contributed by atoms with Gasteiger partial charge in [0, 0.05) is 43.7 Å². The van der Waals surface area contributed by atoms with Gasteiger partial charge in [0.2, 0.25) is 11.8 Å². The Morgan fingerprint density at radius 3 is 2.40 bits per heavy atom. The van der Waals surface area contributed by atoms with E-state index in [0.29, 0.717) is 6.54 Å². The number of likely N-dealkylation sites (tertiary alicyclic amines) is 1. The van der Waals surface area contributed by atoms with Crippen LogP contribution in [0.2, 0.25) is 0 Å². The van der Waals surface area contributed by atoms with Crippen LogP contribution in [0.15, 0.2) is 42.7 Å². The van der Waals surface area contributed by atoms with E-state index in [0.717, 1.165) is 37.7 Å². The van der Waals surface area contributed by atoms with Gasteiger partial charge in [-0.1, -0.05) is 70.4 Å². The highest BCUT2D eigenvalue weighted by Gasteiger charge is 2.62. The number of alkyl halides is 2. The summed E-state index contributed by atoms with van der Waals surface area (Å²) in [4.78, 5) is 60.7. The van der Waals surface area contributed by atoms with Crippen LogP contribution >= 0.6 is 0 Å². The minimum Gasteiger partial charge on any atom is -0.464 e. The number of fused-ring (bicyclic) bond motifs is 1. The normalized spacial score (nSPS) is 23.9. The molecule has 2 saturated carbocycles. The lowest BCUT2D eigenvalue weighted by atomic mass is 9.82. The Bertz CT molecular complexity index is 1440. The molecule has 0 spiro atoms. The number of hydrogen-bond donors (Lipinski definition) is 2. The first-order chi connectivity index (χ1) is 22.3. The predicted molar refractivity (Wildman–Crippen MR) is 170 cm³/mol. The maximum Gasteiger partial charge on any atom is 0.329 e. The summed E-state index contributed by atoms with van der Waals surface area (Å²) in [7, 11) is 0. The van der Waals surface area contributed by atoms with E-state index in [1.54, 1.807) is 38.5 Å². The van der Waals surface area contributed by atoms with Gasteiger partial charge in [0.1, 0.15) is 18.1 Å². The lowest BCUT2D eigenvalue weighted by Crippen LogP contribution is -2.61. The van der Waals surface area contributed by atoms with Crippen LogP contribution in [0.5, 0.6) is 0 Å². The number of aromatic nitrogens is 2. The molecule has 2 aliphatic carbocycles. The summed E-state index contributed by atoms with van der Waals surface area (Å²) in [6.45, 7) is 7.13. The largest absolute Gasteiger partial charge is 0.464 e. The van der Waals surface area contributed by atoms with Gasteiger partial charge in [0.15, 0.2) is 5.82 Å². The molecular formula is C35H47F2N5O5. The maximum absolute atomic E-state index is 14.9. The molecule has 0 radical (unpaired) electrons. The Morgan fingerprint density at radius 2 is 1.74 bits per heavy atom. The molecule has 1 saturated heterocycles. The molecule has 5 rings (SSSR count). The number of ether oxygens (including phenoxy) is 1. The third-order valence-corrected chi connectivity index (χ3v) is 10.0. The lowest BCUT2D eigenvalue weighted by Gasteiger charge is -2.38. The van der Waals surface area contributed by atoms with E-state index in [1.807, 2.05) is 30.3 Å². The first kappa shape index (κ1) is 34.5. The number of amides is 3. The molecule has 12 heteroatoms. The van der Waals surface area contributed by atoms with E-state index >= 15 is 0 Å². The van der Waals surface area contributed by atoms with Gasteiger partial charge < -0.3 is 24.8 Å². The zero-order chi connectivity index (χ0) is 33.9. The number of benzene rings is 1. The summed E-state index contributed by atoms with van der Waals surface area (Å²) in [6.07, 6.45) is 7.29. The molecule has 47 heavy (non-hydrogen) atoms. The van der Waals surface area contributed by atoms with E-state index in [4.69, 9.17) is 4.74 Å². The molecular weight excluding hydrogens is 608 g/mol. The Balaban J connectivity index is 1.38. The summed E-state index contributed by atoms with van der Waals surface area (Å²) in [5.74, 6) is -7.25.